The van der Waals surface area contributed by atoms with Crippen molar-refractivity contribution in [2.75, 3.05) is 11.9 Å². The van der Waals surface area contributed by atoms with Crippen molar-refractivity contribution in [3.8, 4) is 6.07 Å². The molecule has 3 rings (SSSR count). The fraction of sp³-hybridized carbons (Fsp3) is 0.250. The van der Waals surface area contributed by atoms with Crippen LogP contribution in [-0.4, -0.2) is 20.8 Å². The Bertz CT molecular complexity index is 878. The molecule has 0 spiro atoms. The van der Waals surface area contributed by atoms with Crippen molar-refractivity contribution < 1.29 is 0 Å². The summed E-state index contributed by atoms with van der Waals surface area (Å²) in [6, 6.07) is 10.2. The maximum absolute atomic E-state index is 9.39. The summed E-state index contributed by atoms with van der Waals surface area (Å²) in [5, 5.41) is 9.39. The van der Waals surface area contributed by atoms with Gasteiger partial charge in [0.25, 0.3) is 0 Å². The minimum Gasteiger partial charge on any atom is -0.354 e. The van der Waals surface area contributed by atoms with Gasteiger partial charge in [-0.2, -0.15) is 14.0 Å². The van der Waals surface area contributed by atoms with Crippen LogP contribution >= 0.6 is 11.7 Å². The van der Waals surface area contributed by atoms with Gasteiger partial charge in [-0.1, -0.05) is 6.07 Å². The van der Waals surface area contributed by atoms with E-state index in [9.17, 15) is 5.26 Å². The number of aromatic nitrogens is 3. The summed E-state index contributed by atoms with van der Waals surface area (Å²) in [6.45, 7) is 4.55. The molecule has 0 saturated carbocycles. The van der Waals surface area contributed by atoms with Crippen molar-refractivity contribution >= 4 is 28.6 Å². The van der Waals surface area contributed by atoms with Crippen molar-refractivity contribution in [3.63, 3.8) is 0 Å². The first-order valence-corrected chi connectivity index (χ1v) is 7.62. The Morgan fingerprint density at radius 1 is 1.18 bits per heavy atom. The molecular weight excluding hydrogens is 294 g/mol. The number of rotatable bonds is 3. The Hall–Kier alpha value is -2.52. The van der Waals surface area contributed by atoms with Gasteiger partial charge in [0.15, 0.2) is 0 Å². The zero-order valence-electron chi connectivity index (χ0n) is 12.7. The Labute approximate surface area is 133 Å². The monoisotopic (exact) mass is 309 g/mol. The van der Waals surface area contributed by atoms with Gasteiger partial charge in [0.2, 0.25) is 0 Å². The minimum atomic E-state index is 0.629. The van der Waals surface area contributed by atoms with E-state index in [2.05, 4.69) is 19.8 Å². The number of hydrogen-bond donors (Lipinski definition) is 0. The van der Waals surface area contributed by atoms with Gasteiger partial charge in [-0.25, -0.2) is 4.98 Å². The van der Waals surface area contributed by atoms with Gasteiger partial charge < -0.3 is 4.90 Å². The molecule has 3 aromatic rings. The number of anilines is 1. The quantitative estimate of drug-likeness (QED) is 0.743. The molecule has 0 N–H and O–H groups in total. The molecule has 6 heteroatoms. The molecule has 0 aliphatic heterocycles. The van der Waals surface area contributed by atoms with Crippen LogP contribution in [0.3, 0.4) is 0 Å². The molecule has 0 aliphatic rings. The molecule has 22 heavy (non-hydrogen) atoms. The molecule has 0 fully saturated rings. The normalized spacial score (nSPS) is 10.6. The number of pyridine rings is 1. The first-order chi connectivity index (χ1) is 10.6. The van der Waals surface area contributed by atoms with Gasteiger partial charge in [0.1, 0.15) is 22.9 Å². The zero-order valence-corrected chi connectivity index (χ0v) is 13.5. The van der Waals surface area contributed by atoms with E-state index in [1.54, 1.807) is 0 Å². The second-order valence-corrected chi connectivity index (χ2v) is 5.86. The number of hydrogen-bond acceptors (Lipinski definition) is 6. The summed E-state index contributed by atoms with van der Waals surface area (Å²) >= 11 is 1.22. The molecule has 2 aromatic heterocycles. The zero-order chi connectivity index (χ0) is 15.7. The molecule has 0 bridgehead atoms. The van der Waals surface area contributed by atoms with Crippen LogP contribution in [0.15, 0.2) is 24.3 Å². The topological polar surface area (TPSA) is 65.7 Å². The maximum Gasteiger partial charge on any atom is 0.147 e. The summed E-state index contributed by atoms with van der Waals surface area (Å²) in [7, 11) is 1.95. The summed E-state index contributed by atoms with van der Waals surface area (Å²) in [5.74, 6) is 0.719. The molecule has 0 saturated heterocycles. The van der Waals surface area contributed by atoms with E-state index in [4.69, 9.17) is 0 Å². The van der Waals surface area contributed by atoms with Gasteiger partial charge in [0.05, 0.1) is 17.3 Å². The lowest BCUT2D eigenvalue weighted by atomic mass is 10.1. The van der Waals surface area contributed by atoms with Gasteiger partial charge in [-0.15, -0.1) is 0 Å². The Kier molecular flexibility index (Phi) is 3.73. The second-order valence-electron chi connectivity index (χ2n) is 5.33. The third-order valence-electron chi connectivity index (χ3n) is 3.54. The Balaban J connectivity index is 1.94. The molecule has 110 valence electrons. The van der Waals surface area contributed by atoms with Crippen LogP contribution < -0.4 is 4.90 Å². The lowest BCUT2D eigenvalue weighted by molar-refractivity contribution is 0.888. The van der Waals surface area contributed by atoms with Crippen LogP contribution in [0, 0.1) is 25.2 Å². The highest BCUT2D eigenvalue weighted by molar-refractivity contribution is 7.00. The van der Waals surface area contributed by atoms with E-state index in [1.807, 2.05) is 50.1 Å². The molecular formula is C16H15N5S. The van der Waals surface area contributed by atoms with Crippen molar-refractivity contribution in [1.29, 1.82) is 5.26 Å². The van der Waals surface area contributed by atoms with Crippen LogP contribution in [0.2, 0.25) is 0 Å². The molecule has 2 heterocycles. The molecule has 0 atom stereocenters. The Morgan fingerprint density at radius 3 is 2.73 bits per heavy atom. The first kappa shape index (κ1) is 14.4. The highest BCUT2D eigenvalue weighted by Crippen LogP contribution is 2.23. The fourth-order valence-corrected chi connectivity index (χ4v) is 3.02. The van der Waals surface area contributed by atoms with E-state index in [0.29, 0.717) is 12.1 Å². The minimum absolute atomic E-state index is 0.629. The summed E-state index contributed by atoms with van der Waals surface area (Å²) in [4.78, 5) is 6.53. The van der Waals surface area contributed by atoms with Crippen LogP contribution in [0.1, 0.15) is 22.4 Å². The number of fused-ring (bicyclic) bond motifs is 1. The summed E-state index contributed by atoms with van der Waals surface area (Å²) in [5.41, 5.74) is 5.44. The predicted octanol–water partition coefficient (Wildman–Crippen LogP) is 3.21. The number of benzene rings is 1. The average molecular weight is 309 g/mol. The predicted molar refractivity (Wildman–Crippen MR) is 87.9 cm³/mol. The van der Waals surface area contributed by atoms with E-state index in [0.717, 1.165) is 33.7 Å². The smallest absolute Gasteiger partial charge is 0.147 e. The summed E-state index contributed by atoms with van der Waals surface area (Å²) < 4.78 is 8.47. The molecule has 0 radical (unpaired) electrons. The van der Waals surface area contributed by atoms with Gasteiger partial charge >= 0.3 is 0 Å². The number of nitrogens with zero attached hydrogens (tertiary/aromatic N) is 5. The van der Waals surface area contributed by atoms with Gasteiger partial charge in [0, 0.05) is 19.3 Å². The molecule has 5 nitrogen and oxygen atoms in total. The molecule has 0 amide bonds. The highest BCUT2D eigenvalue weighted by Gasteiger charge is 2.13. The largest absolute Gasteiger partial charge is 0.354 e. The van der Waals surface area contributed by atoms with Gasteiger partial charge in [-0.3, -0.25) is 0 Å². The lowest BCUT2D eigenvalue weighted by Gasteiger charge is -2.20. The van der Waals surface area contributed by atoms with E-state index in [1.165, 1.54) is 11.7 Å². The van der Waals surface area contributed by atoms with Gasteiger partial charge in [-0.05, 0) is 43.2 Å². The van der Waals surface area contributed by atoms with Crippen molar-refractivity contribution in [2.24, 2.45) is 0 Å². The molecule has 1 aromatic carbocycles. The summed E-state index contributed by atoms with van der Waals surface area (Å²) in [6.07, 6.45) is 0. The van der Waals surface area contributed by atoms with Crippen LogP contribution in [0.5, 0.6) is 0 Å². The maximum atomic E-state index is 9.39. The number of aryl methyl sites for hydroxylation is 2. The lowest BCUT2D eigenvalue weighted by Crippen LogP contribution is -2.19. The molecule has 0 aliphatic carbocycles. The standard InChI is InChI=1S/C16H15N5S/c1-10-6-11(2)18-16(13(10)8-17)21(3)9-12-4-5-14-15(7-12)20-22-19-14/h4-7H,9H2,1-3H3. The van der Waals surface area contributed by atoms with Crippen molar-refractivity contribution in [2.45, 2.75) is 20.4 Å². The van der Waals surface area contributed by atoms with Crippen molar-refractivity contribution in [1.82, 2.24) is 13.7 Å². The molecule has 0 unspecified atom stereocenters. The van der Waals surface area contributed by atoms with E-state index < -0.39 is 0 Å². The third-order valence-corrected chi connectivity index (χ3v) is 4.09. The fourth-order valence-electron chi connectivity index (χ4n) is 2.51. The highest BCUT2D eigenvalue weighted by atomic mass is 32.1. The van der Waals surface area contributed by atoms with E-state index in [-0.39, 0.29) is 0 Å². The first-order valence-electron chi connectivity index (χ1n) is 6.89. The van der Waals surface area contributed by atoms with Crippen LogP contribution in [0.4, 0.5) is 5.82 Å². The third kappa shape index (κ3) is 2.63. The SMILES string of the molecule is Cc1cc(C)c(C#N)c(N(C)Cc2ccc3nsnc3c2)n1. The number of nitriles is 1. The second kappa shape index (κ2) is 5.70. The van der Waals surface area contributed by atoms with Crippen LogP contribution in [0.25, 0.3) is 11.0 Å². The van der Waals surface area contributed by atoms with Crippen molar-refractivity contribution in [3.05, 3.63) is 46.6 Å². The average Bonchev–Trinajstić information content (AvgIpc) is 2.94. The van der Waals surface area contributed by atoms with Crippen LogP contribution in [-0.2, 0) is 6.54 Å². The van der Waals surface area contributed by atoms with E-state index >= 15 is 0 Å². The Morgan fingerprint density at radius 2 is 1.95 bits per heavy atom.